The number of rotatable bonds is 3. The Hall–Kier alpha value is -1.88. The molecule has 2 aromatic rings. The van der Waals surface area contributed by atoms with Crippen molar-refractivity contribution in [3.63, 3.8) is 0 Å². The van der Waals surface area contributed by atoms with Gasteiger partial charge in [-0.1, -0.05) is 24.4 Å². The molecule has 1 aliphatic carbocycles. The zero-order valence-corrected chi connectivity index (χ0v) is 14.4. The lowest BCUT2D eigenvalue weighted by Gasteiger charge is -2.24. The molecular formula is C18H21ClN4O. The van der Waals surface area contributed by atoms with Gasteiger partial charge in [-0.3, -0.25) is 4.79 Å². The van der Waals surface area contributed by atoms with Crippen LogP contribution in [-0.4, -0.2) is 20.7 Å². The Morgan fingerprint density at radius 1 is 1.17 bits per heavy atom. The molecule has 0 bridgehead atoms. The maximum Gasteiger partial charge on any atom is 0.227 e. The van der Waals surface area contributed by atoms with E-state index in [9.17, 15) is 4.79 Å². The first-order chi connectivity index (χ1) is 11.7. The normalized spacial score (nSPS) is 17.7. The summed E-state index contributed by atoms with van der Waals surface area (Å²) in [4.78, 5) is 12.2. The lowest BCUT2D eigenvalue weighted by Crippen LogP contribution is -2.28. The van der Waals surface area contributed by atoms with E-state index in [4.69, 9.17) is 11.6 Å². The lowest BCUT2D eigenvalue weighted by atomic mass is 9.85. The number of amides is 1. The van der Waals surface area contributed by atoms with Gasteiger partial charge in [-0.2, -0.15) is 0 Å². The Morgan fingerprint density at radius 2 is 2.04 bits per heavy atom. The number of benzene rings is 1. The van der Waals surface area contributed by atoms with Gasteiger partial charge in [0, 0.05) is 30.1 Å². The highest BCUT2D eigenvalue weighted by Gasteiger charge is 2.25. The van der Waals surface area contributed by atoms with Gasteiger partial charge in [-0.05, 0) is 43.9 Å². The molecule has 0 atom stereocenters. The predicted molar refractivity (Wildman–Crippen MR) is 94.0 cm³/mol. The molecule has 1 aliphatic heterocycles. The topological polar surface area (TPSA) is 59.8 Å². The minimum absolute atomic E-state index is 0.106. The highest BCUT2D eigenvalue weighted by atomic mass is 35.5. The van der Waals surface area contributed by atoms with E-state index in [1.165, 1.54) is 6.42 Å². The fourth-order valence-corrected chi connectivity index (χ4v) is 3.58. The second kappa shape index (κ2) is 6.55. The first kappa shape index (κ1) is 15.6. The van der Waals surface area contributed by atoms with Gasteiger partial charge in [-0.25, -0.2) is 0 Å². The van der Waals surface area contributed by atoms with E-state index in [0.717, 1.165) is 68.0 Å². The quantitative estimate of drug-likeness (QED) is 0.913. The SMILES string of the molecule is O=C(Nc1ccc(Cl)c(-c2nnc3n2CCCCC3)c1)C1CCC1. The summed E-state index contributed by atoms with van der Waals surface area (Å²) in [6.07, 6.45) is 7.59. The van der Waals surface area contributed by atoms with Crippen molar-refractivity contribution in [3.05, 3.63) is 29.0 Å². The number of nitrogens with zero attached hydrogens (tertiary/aromatic N) is 3. The van der Waals surface area contributed by atoms with Gasteiger partial charge in [0.1, 0.15) is 5.82 Å². The third-order valence-corrected chi connectivity index (χ3v) is 5.39. The van der Waals surface area contributed by atoms with E-state index in [1.807, 2.05) is 18.2 Å². The van der Waals surface area contributed by atoms with Crippen LogP contribution in [0.4, 0.5) is 5.69 Å². The average molecular weight is 345 g/mol. The van der Waals surface area contributed by atoms with Crippen molar-refractivity contribution in [1.82, 2.24) is 14.8 Å². The molecular weight excluding hydrogens is 324 g/mol. The summed E-state index contributed by atoms with van der Waals surface area (Å²) in [6, 6.07) is 5.59. The van der Waals surface area contributed by atoms with Crippen LogP contribution >= 0.6 is 11.6 Å². The second-order valence-electron chi connectivity index (χ2n) is 6.71. The summed E-state index contributed by atoms with van der Waals surface area (Å²) >= 11 is 6.41. The Kier molecular flexibility index (Phi) is 4.27. The molecule has 1 saturated carbocycles. The molecule has 1 N–H and O–H groups in total. The molecule has 0 unspecified atom stereocenters. The molecule has 0 radical (unpaired) electrons. The van der Waals surface area contributed by atoms with E-state index in [1.54, 1.807) is 0 Å². The van der Waals surface area contributed by atoms with E-state index in [2.05, 4.69) is 20.1 Å². The van der Waals surface area contributed by atoms with E-state index < -0.39 is 0 Å². The van der Waals surface area contributed by atoms with Crippen molar-refractivity contribution in [2.24, 2.45) is 5.92 Å². The summed E-state index contributed by atoms with van der Waals surface area (Å²) in [5, 5.41) is 12.4. The van der Waals surface area contributed by atoms with Crippen LogP contribution in [0.3, 0.4) is 0 Å². The number of aryl methyl sites for hydroxylation is 1. The molecule has 1 aromatic carbocycles. The molecule has 1 fully saturated rings. The number of aromatic nitrogens is 3. The molecule has 24 heavy (non-hydrogen) atoms. The summed E-state index contributed by atoms with van der Waals surface area (Å²) in [6.45, 7) is 0.923. The molecule has 0 saturated heterocycles. The maximum atomic E-state index is 12.2. The van der Waals surface area contributed by atoms with Gasteiger partial charge >= 0.3 is 0 Å². The average Bonchev–Trinajstić information content (AvgIpc) is 2.76. The van der Waals surface area contributed by atoms with Gasteiger partial charge in [-0.15, -0.1) is 10.2 Å². The highest BCUT2D eigenvalue weighted by Crippen LogP contribution is 2.32. The number of fused-ring (bicyclic) bond motifs is 1. The summed E-state index contributed by atoms with van der Waals surface area (Å²) in [7, 11) is 0. The first-order valence-corrected chi connectivity index (χ1v) is 9.13. The molecule has 1 amide bonds. The Morgan fingerprint density at radius 3 is 2.83 bits per heavy atom. The van der Waals surface area contributed by atoms with Crippen LogP contribution in [0.15, 0.2) is 18.2 Å². The van der Waals surface area contributed by atoms with Crippen molar-refractivity contribution in [2.45, 2.75) is 51.5 Å². The predicted octanol–water partition coefficient (Wildman–Crippen LogP) is 4.06. The van der Waals surface area contributed by atoms with E-state index in [-0.39, 0.29) is 11.8 Å². The summed E-state index contributed by atoms with van der Waals surface area (Å²) in [5.74, 6) is 2.10. The van der Waals surface area contributed by atoms with Crippen molar-refractivity contribution < 1.29 is 4.79 Å². The maximum absolute atomic E-state index is 12.2. The second-order valence-corrected chi connectivity index (χ2v) is 7.12. The number of nitrogens with one attached hydrogen (secondary N) is 1. The molecule has 4 rings (SSSR count). The molecule has 5 nitrogen and oxygen atoms in total. The Labute approximate surface area is 146 Å². The summed E-state index contributed by atoms with van der Waals surface area (Å²) < 4.78 is 2.17. The number of hydrogen-bond donors (Lipinski definition) is 1. The van der Waals surface area contributed by atoms with Gasteiger partial charge < -0.3 is 9.88 Å². The molecule has 2 heterocycles. The molecule has 6 heteroatoms. The molecule has 0 spiro atoms. The number of anilines is 1. The van der Waals surface area contributed by atoms with Crippen molar-refractivity contribution >= 4 is 23.2 Å². The zero-order valence-electron chi connectivity index (χ0n) is 13.6. The van der Waals surface area contributed by atoms with Crippen LogP contribution in [-0.2, 0) is 17.8 Å². The number of halogens is 1. The largest absolute Gasteiger partial charge is 0.326 e. The highest BCUT2D eigenvalue weighted by molar-refractivity contribution is 6.33. The van der Waals surface area contributed by atoms with Crippen molar-refractivity contribution in [2.75, 3.05) is 5.32 Å². The van der Waals surface area contributed by atoms with Gasteiger partial charge in [0.25, 0.3) is 0 Å². The standard InChI is InChI=1S/C18H21ClN4O/c19-15-9-8-13(20-18(24)12-5-4-6-12)11-14(15)17-22-21-16-7-2-1-3-10-23(16)17/h8-9,11-12H,1-7,10H2,(H,20,24). The van der Waals surface area contributed by atoms with Crippen LogP contribution in [0.5, 0.6) is 0 Å². The van der Waals surface area contributed by atoms with Gasteiger partial charge in [0.05, 0.1) is 5.02 Å². The van der Waals surface area contributed by atoms with Gasteiger partial charge in [0.15, 0.2) is 5.82 Å². The van der Waals surface area contributed by atoms with Crippen molar-refractivity contribution in [3.8, 4) is 11.4 Å². The third kappa shape index (κ3) is 2.93. The zero-order chi connectivity index (χ0) is 16.5. The molecule has 126 valence electrons. The molecule has 1 aromatic heterocycles. The van der Waals surface area contributed by atoms with Crippen LogP contribution in [0, 0.1) is 5.92 Å². The van der Waals surface area contributed by atoms with Crippen LogP contribution < -0.4 is 5.32 Å². The minimum Gasteiger partial charge on any atom is -0.326 e. The number of hydrogen-bond acceptors (Lipinski definition) is 3. The lowest BCUT2D eigenvalue weighted by molar-refractivity contribution is -0.122. The summed E-state index contributed by atoms with van der Waals surface area (Å²) in [5.41, 5.74) is 1.61. The minimum atomic E-state index is 0.106. The van der Waals surface area contributed by atoms with Gasteiger partial charge in [0.2, 0.25) is 5.91 Å². The first-order valence-electron chi connectivity index (χ1n) is 8.75. The fourth-order valence-electron chi connectivity index (χ4n) is 3.37. The third-order valence-electron chi connectivity index (χ3n) is 5.06. The van der Waals surface area contributed by atoms with Crippen molar-refractivity contribution in [1.29, 1.82) is 0 Å². The fraction of sp³-hybridized carbons (Fsp3) is 0.500. The Bertz CT molecular complexity index is 766. The number of carbonyl (C=O) groups is 1. The van der Waals surface area contributed by atoms with E-state index in [0.29, 0.717) is 5.02 Å². The monoisotopic (exact) mass is 344 g/mol. The van der Waals surface area contributed by atoms with E-state index >= 15 is 0 Å². The van der Waals surface area contributed by atoms with Crippen LogP contribution in [0.25, 0.3) is 11.4 Å². The Balaban J connectivity index is 1.64. The smallest absolute Gasteiger partial charge is 0.227 e. The van der Waals surface area contributed by atoms with Crippen LogP contribution in [0.2, 0.25) is 5.02 Å². The van der Waals surface area contributed by atoms with Crippen LogP contribution in [0.1, 0.15) is 44.3 Å². The molecule has 2 aliphatic rings. The number of carbonyl (C=O) groups excluding carboxylic acids is 1.